The van der Waals surface area contributed by atoms with E-state index in [4.69, 9.17) is 0 Å². The van der Waals surface area contributed by atoms with E-state index in [0.29, 0.717) is 18.7 Å². The summed E-state index contributed by atoms with van der Waals surface area (Å²) in [5.74, 6) is -0.405. The lowest BCUT2D eigenvalue weighted by Crippen LogP contribution is -2.46. The lowest BCUT2D eigenvalue weighted by atomic mass is 10.0. The topological polar surface area (TPSA) is 57.2 Å². The molecule has 0 radical (unpaired) electrons. The molecule has 0 heterocycles. The predicted octanol–water partition coefficient (Wildman–Crippen LogP) is 2.54. The van der Waals surface area contributed by atoms with Gasteiger partial charge in [-0.05, 0) is 31.1 Å². The average molecular weight is 265 g/mol. The van der Waals surface area contributed by atoms with Gasteiger partial charge in [-0.25, -0.2) is 0 Å². The summed E-state index contributed by atoms with van der Waals surface area (Å²) in [6.07, 6.45) is 7.44. The number of hydrogen-bond acceptors (Lipinski definition) is 3. The molecule has 0 N–H and O–H groups in total. The summed E-state index contributed by atoms with van der Waals surface area (Å²) in [6, 6.07) is 0. The van der Waals surface area contributed by atoms with E-state index >= 15 is 0 Å². The van der Waals surface area contributed by atoms with Crippen molar-refractivity contribution in [2.24, 2.45) is 0 Å². The molecule has 0 aromatic rings. The predicted molar refractivity (Wildman–Crippen MR) is 75.3 cm³/mol. The van der Waals surface area contributed by atoms with E-state index < -0.39 is 0 Å². The third-order valence-corrected chi connectivity index (χ3v) is 3.33. The Morgan fingerprint density at radius 2 is 1.63 bits per heavy atom. The Morgan fingerprint density at radius 1 is 1.05 bits per heavy atom. The molecule has 4 heteroatoms. The molecule has 0 saturated carbocycles. The molecule has 1 aliphatic rings. The molecule has 0 aromatic heterocycles. The fraction of sp³-hybridized carbons (Fsp3) is 0.600. The molecule has 4 nitrogen and oxygen atoms in total. The zero-order chi connectivity index (χ0) is 14.3. The highest BCUT2D eigenvalue weighted by atomic mass is 16.5. The highest BCUT2D eigenvalue weighted by Crippen LogP contribution is 2.16. The van der Waals surface area contributed by atoms with Crippen LogP contribution in [0.5, 0.6) is 0 Å². The highest BCUT2D eigenvalue weighted by molar-refractivity contribution is 6.17. The minimum Gasteiger partial charge on any atom is -0.633 e. The van der Waals surface area contributed by atoms with E-state index in [1.165, 1.54) is 18.2 Å². The maximum Gasteiger partial charge on any atom is 0.187 e. The fourth-order valence-electron chi connectivity index (χ4n) is 2.15. The Balaban J connectivity index is 2.75. The highest BCUT2D eigenvalue weighted by Gasteiger charge is 2.23. The van der Waals surface area contributed by atoms with Gasteiger partial charge in [-0.15, -0.1) is 0 Å². The SMILES string of the molecule is CCCC[N+]([O-])(CCCC)CC1=CC(=O)C=CC1=O. The summed E-state index contributed by atoms with van der Waals surface area (Å²) in [7, 11) is 0. The van der Waals surface area contributed by atoms with Crippen LogP contribution in [0.3, 0.4) is 0 Å². The molecule has 0 amide bonds. The van der Waals surface area contributed by atoms with Crippen molar-refractivity contribution in [3.63, 3.8) is 0 Å². The van der Waals surface area contributed by atoms with Gasteiger partial charge >= 0.3 is 0 Å². The van der Waals surface area contributed by atoms with Crippen LogP contribution in [-0.2, 0) is 9.59 Å². The van der Waals surface area contributed by atoms with Crippen molar-refractivity contribution in [3.8, 4) is 0 Å². The van der Waals surface area contributed by atoms with Crippen LogP contribution >= 0.6 is 0 Å². The largest absolute Gasteiger partial charge is 0.633 e. The summed E-state index contributed by atoms with van der Waals surface area (Å²) >= 11 is 0. The van der Waals surface area contributed by atoms with Gasteiger partial charge < -0.3 is 9.85 Å². The molecule has 0 spiro atoms. The first kappa shape index (κ1) is 15.8. The quantitative estimate of drug-likeness (QED) is 0.385. The molecule has 0 aliphatic heterocycles. The molecule has 0 aromatic carbocycles. The summed E-state index contributed by atoms with van der Waals surface area (Å²) < 4.78 is -0.389. The van der Waals surface area contributed by atoms with Crippen LogP contribution in [0.25, 0.3) is 0 Å². The number of quaternary nitrogens is 1. The fourth-order valence-corrected chi connectivity index (χ4v) is 2.15. The van der Waals surface area contributed by atoms with Gasteiger partial charge in [0.1, 0.15) is 6.54 Å². The molecule has 1 aliphatic carbocycles. The van der Waals surface area contributed by atoms with Crippen molar-refractivity contribution >= 4 is 11.6 Å². The number of hydrogen-bond donors (Lipinski definition) is 0. The van der Waals surface area contributed by atoms with Crippen molar-refractivity contribution < 1.29 is 14.2 Å². The molecule has 19 heavy (non-hydrogen) atoms. The van der Waals surface area contributed by atoms with Crippen LogP contribution < -0.4 is 0 Å². The third-order valence-electron chi connectivity index (χ3n) is 3.33. The van der Waals surface area contributed by atoms with Gasteiger partial charge in [-0.3, -0.25) is 9.59 Å². The van der Waals surface area contributed by atoms with Crippen LogP contribution in [0.4, 0.5) is 0 Å². The second-order valence-electron chi connectivity index (χ2n) is 5.14. The number of allylic oxidation sites excluding steroid dienone is 3. The maximum absolute atomic E-state index is 12.7. The molecule has 0 atom stereocenters. The van der Waals surface area contributed by atoms with Crippen molar-refractivity contribution in [2.75, 3.05) is 19.6 Å². The number of hydroxylamine groups is 3. The first-order chi connectivity index (χ1) is 9.00. The molecule has 0 fully saturated rings. The minimum absolute atomic E-state index is 0.120. The summed E-state index contributed by atoms with van der Waals surface area (Å²) in [4.78, 5) is 23.0. The number of rotatable bonds is 8. The van der Waals surface area contributed by atoms with Crippen molar-refractivity contribution in [3.05, 3.63) is 29.0 Å². The Labute approximate surface area is 115 Å². The molecule has 106 valence electrons. The minimum atomic E-state index is -0.389. The average Bonchev–Trinajstić information content (AvgIpc) is 2.39. The van der Waals surface area contributed by atoms with Gasteiger partial charge in [0.25, 0.3) is 0 Å². The van der Waals surface area contributed by atoms with E-state index in [-0.39, 0.29) is 22.8 Å². The van der Waals surface area contributed by atoms with Crippen molar-refractivity contribution in [1.29, 1.82) is 0 Å². The van der Waals surface area contributed by atoms with Gasteiger partial charge in [0, 0.05) is 0 Å². The number of unbranched alkanes of at least 4 members (excludes halogenated alkanes) is 2. The van der Waals surface area contributed by atoms with E-state index in [1.54, 1.807) is 0 Å². The number of ketones is 2. The Bertz CT molecular complexity index is 388. The van der Waals surface area contributed by atoms with Crippen LogP contribution in [0.2, 0.25) is 0 Å². The van der Waals surface area contributed by atoms with Crippen LogP contribution in [0, 0.1) is 5.21 Å². The lowest BCUT2D eigenvalue weighted by molar-refractivity contribution is -0.876. The van der Waals surface area contributed by atoms with Crippen molar-refractivity contribution in [2.45, 2.75) is 39.5 Å². The lowest BCUT2D eigenvalue weighted by Gasteiger charge is -2.43. The molecule has 1 rings (SSSR count). The van der Waals surface area contributed by atoms with Crippen molar-refractivity contribution in [1.82, 2.24) is 0 Å². The normalized spacial score (nSPS) is 15.8. The Morgan fingerprint density at radius 3 is 2.16 bits per heavy atom. The summed E-state index contributed by atoms with van der Waals surface area (Å²) in [5, 5.41) is 12.7. The Hall–Kier alpha value is -1.26. The van der Waals surface area contributed by atoms with E-state index in [0.717, 1.165) is 25.7 Å². The van der Waals surface area contributed by atoms with Gasteiger partial charge in [0.2, 0.25) is 0 Å². The second-order valence-corrected chi connectivity index (χ2v) is 5.14. The van der Waals surface area contributed by atoms with Crippen LogP contribution in [0.1, 0.15) is 39.5 Å². The summed E-state index contributed by atoms with van der Waals surface area (Å²) in [5.41, 5.74) is 0.356. The van der Waals surface area contributed by atoms with Gasteiger partial charge in [0.05, 0.1) is 18.7 Å². The van der Waals surface area contributed by atoms with Crippen LogP contribution in [0.15, 0.2) is 23.8 Å². The van der Waals surface area contributed by atoms with E-state index in [9.17, 15) is 14.8 Å². The summed E-state index contributed by atoms with van der Waals surface area (Å²) in [6.45, 7) is 5.23. The first-order valence-electron chi connectivity index (χ1n) is 7.05. The molecular weight excluding hydrogens is 242 g/mol. The van der Waals surface area contributed by atoms with Crippen LogP contribution in [-0.4, -0.2) is 35.8 Å². The zero-order valence-corrected chi connectivity index (χ0v) is 11.9. The number of nitrogens with zero attached hydrogens (tertiary/aromatic N) is 1. The van der Waals surface area contributed by atoms with Gasteiger partial charge in [-0.1, -0.05) is 26.7 Å². The molecule has 0 unspecified atom stereocenters. The van der Waals surface area contributed by atoms with Gasteiger partial charge in [0.15, 0.2) is 11.6 Å². The standard InChI is InChI=1S/C15H23NO3/c1-3-5-9-16(19,10-6-4-2)12-13-11-14(17)7-8-15(13)18/h7-8,11H,3-6,9-10,12H2,1-2H3. The third kappa shape index (κ3) is 5.09. The molecule has 0 saturated heterocycles. The molecule has 0 bridgehead atoms. The number of carbonyl (C=O) groups is 2. The smallest absolute Gasteiger partial charge is 0.187 e. The monoisotopic (exact) mass is 265 g/mol. The van der Waals surface area contributed by atoms with Gasteiger partial charge in [-0.2, -0.15) is 0 Å². The maximum atomic E-state index is 12.7. The Kier molecular flexibility index (Phi) is 6.12. The zero-order valence-electron chi connectivity index (χ0n) is 11.9. The van der Waals surface area contributed by atoms with E-state index in [1.807, 2.05) is 13.8 Å². The second kappa shape index (κ2) is 7.36. The van der Waals surface area contributed by atoms with E-state index in [2.05, 4.69) is 0 Å². The molecular formula is C15H23NO3. The number of carbonyl (C=O) groups excluding carboxylic acids is 2. The first-order valence-corrected chi connectivity index (χ1v) is 7.05.